The van der Waals surface area contributed by atoms with Gasteiger partial charge in [0.25, 0.3) is 0 Å². The monoisotopic (exact) mass is 489 g/mol. The number of rotatable bonds is 7. The molecule has 9 heteroatoms. The van der Waals surface area contributed by atoms with E-state index in [2.05, 4.69) is 52.0 Å². The van der Waals surface area contributed by atoms with Gasteiger partial charge in [0.05, 0.1) is 6.21 Å². The van der Waals surface area contributed by atoms with Gasteiger partial charge in [-0.05, 0) is 48.9 Å². The van der Waals surface area contributed by atoms with Gasteiger partial charge in [-0.25, -0.2) is 5.43 Å². The number of aromatic nitrogens is 3. The first-order valence-corrected chi connectivity index (χ1v) is 10.5. The van der Waals surface area contributed by atoms with Crippen LogP contribution in [0, 0.1) is 6.92 Å². The van der Waals surface area contributed by atoms with E-state index in [0.29, 0.717) is 17.5 Å². The Morgan fingerprint density at radius 1 is 0.812 bits per heavy atom. The number of nitrogens with one attached hydrogen (secondary N) is 3. The molecule has 0 aliphatic heterocycles. The van der Waals surface area contributed by atoms with Gasteiger partial charge in [-0.15, -0.1) is 0 Å². The van der Waals surface area contributed by atoms with E-state index in [-0.39, 0.29) is 11.7 Å². The van der Waals surface area contributed by atoms with E-state index in [4.69, 9.17) is 0 Å². The molecule has 32 heavy (non-hydrogen) atoms. The Labute approximate surface area is 193 Å². The Morgan fingerprint density at radius 2 is 1.34 bits per heavy atom. The zero-order chi connectivity index (χ0) is 22.3. The summed E-state index contributed by atoms with van der Waals surface area (Å²) in [6.07, 6.45) is 1.51. The molecule has 1 aromatic heterocycles. The van der Waals surface area contributed by atoms with E-state index in [1.54, 1.807) is 6.07 Å². The highest BCUT2D eigenvalue weighted by Gasteiger charge is 2.08. The maximum absolute atomic E-state index is 10.2. The van der Waals surface area contributed by atoms with Crippen LogP contribution in [0.15, 0.2) is 82.4 Å². The minimum atomic E-state index is 0.160. The van der Waals surface area contributed by atoms with Crippen LogP contribution in [0.25, 0.3) is 0 Å². The minimum absolute atomic E-state index is 0.160. The normalized spacial score (nSPS) is 10.8. The van der Waals surface area contributed by atoms with Gasteiger partial charge < -0.3 is 15.7 Å². The molecule has 0 atom stereocenters. The summed E-state index contributed by atoms with van der Waals surface area (Å²) in [6.45, 7) is 1.82. The van der Waals surface area contributed by atoms with Crippen LogP contribution in [0.3, 0.4) is 0 Å². The molecule has 8 nitrogen and oxygen atoms in total. The maximum atomic E-state index is 10.2. The maximum Gasteiger partial charge on any atom is 0.250 e. The molecule has 0 saturated carbocycles. The Morgan fingerprint density at radius 3 is 1.91 bits per heavy atom. The van der Waals surface area contributed by atoms with Gasteiger partial charge >= 0.3 is 0 Å². The van der Waals surface area contributed by atoms with Crippen molar-refractivity contribution in [2.45, 2.75) is 6.92 Å². The van der Waals surface area contributed by atoms with Crippen molar-refractivity contribution < 1.29 is 5.11 Å². The summed E-state index contributed by atoms with van der Waals surface area (Å²) in [4.78, 5) is 13.2. The lowest BCUT2D eigenvalue weighted by molar-refractivity contribution is 0.470. The molecule has 0 amide bonds. The smallest absolute Gasteiger partial charge is 0.250 e. The van der Waals surface area contributed by atoms with Gasteiger partial charge in [-0.3, -0.25) is 0 Å². The minimum Gasteiger partial charge on any atom is -0.507 e. The number of nitrogens with zero attached hydrogens (tertiary/aromatic N) is 4. The molecule has 4 N–H and O–H groups in total. The molecular weight excluding hydrogens is 470 g/mol. The third-order valence-corrected chi connectivity index (χ3v) is 4.82. The first kappa shape index (κ1) is 21.3. The molecule has 4 rings (SSSR count). The molecule has 4 aromatic rings. The molecule has 160 valence electrons. The zero-order valence-corrected chi connectivity index (χ0v) is 18.7. The average Bonchev–Trinajstić information content (AvgIpc) is 2.78. The summed E-state index contributed by atoms with van der Waals surface area (Å²) in [5.41, 5.74) is 5.79. The van der Waals surface area contributed by atoms with Crippen molar-refractivity contribution in [3.8, 4) is 5.75 Å². The molecule has 1 heterocycles. The SMILES string of the molecule is Cc1cc(Br)cc(C=NNc2nc(Nc3ccccc3)nc(Nc3ccccc3)n2)c1O. The molecule has 0 aliphatic carbocycles. The number of benzene rings is 3. The Balaban J connectivity index is 1.59. The number of aromatic hydroxyl groups is 1. The fourth-order valence-electron chi connectivity index (χ4n) is 2.86. The fourth-order valence-corrected chi connectivity index (χ4v) is 3.45. The largest absolute Gasteiger partial charge is 0.507 e. The number of hydrazone groups is 1. The molecule has 3 aromatic carbocycles. The van der Waals surface area contributed by atoms with Crippen LogP contribution in [0.5, 0.6) is 5.75 Å². The number of phenols is 1. The van der Waals surface area contributed by atoms with Crippen LogP contribution in [0.4, 0.5) is 29.2 Å². The molecule has 0 aliphatic rings. The zero-order valence-electron chi connectivity index (χ0n) is 17.1. The van der Waals surface area contributed by atoms with E-state index in [9.17, 15) is 5.11 Å². The van der Waals surface area contributed by atoms with Gasteiger partial charge in [0, 0.05) is 21.4 Å². The summed E-state index contributed by atoms with van der Waals surface area (Å²) in [6, 6.07) is 22.8. The summed E-state index contributed by atoms with van der Waals surface area (Å²) in [5, 5.41) is 20.7. The van der Waals surface area contributed by atoms with Crippen molar-refractivity contribution in [3.63, 3.8) is 0 Å². The summed E-state index contributed by atoms with van der Waals surface area (Å²) in [7, 11) is 0. The van der Waals surface area contributed by atoms with Gasteiger partial charge in [-0.1, -0.05) is 52.3 Å². The van der Waals surface area contributed by atoms with E-state index < -0.39 is 0 Å². The van der Waals surface area contributed by atoms with E-state index >= 15 is 0 Å². The predicted molar refractivity (Wildman–Crippen MR) is 131 cm³/mol. The van der Waals surface area contributed by atoms with Crippen LogP contribution in [-0.4, -0.2) is 26.3 Å². The molecule has 0 unspecified atom stereocenters. The Hall–Kier alpha value is -3.98. The number of phenolic OH excluding ortho intramolecular Hbond substituents is 1. The number of aryl methyl sites for hydroxylation is 1. The second-order valence-electron chi connectivity index (χ2n) is 6.82. The lowest BCUT2D eigenvalue weighted by Gasteiger charge is -2.10. The number of halogens is 1. The fraction of sp³-hybridized carbons (Fsp3) is 0.0435. The highest BCUT2D eigenvalue weighted by Crippen LogP contribution is 2.25. The van der Waals surface area contributed by atoms with Crippen molar-refractivity contribution in [3.05, 3.63) is 88.4 Å². The number of para-hydroxylation sites is 2. The third kappa shape index (κ3) is 5.58. The summed E-state index contributed by atoms with van der Waals surface area (Å²) in [5.74, 6) is 1.10. The van der Waals surface area contributed by atoms with Gasteiger partial charge in [-0.2, -0.15) is 20.1 Å². The molecule has 0 saturated heterocycles. The molecular formula is C23H20BrN7O. The topological polar surface area (TPSA) is 107 Å². The summed E-state index contributed by atoms with van der Waals surface area (Å²) < 4.78 is 0.845. The highest BCUT2D eigenvalue weighted by atomic mass is 79.9. The first-order chi connectivity index (χ1) is 15.6. The van der Waals surface area contributed by atoms with Gasteiger partial charge in [0.2, 0.25) is 17.8 Å². The van der Waals surface area contributed by atoms with Gasteiger partial charge in [0.15, 0.2) is 0 Å². The third-order valence-electron chi connectivity index (χ3n) is 4.36. The second-order valence-corrected chi connectivity index (χ2v) is 7.73. The van der Waals surface area contributed by atoms with Crippen LogP contribution >= 0.6 is 15.9 Å². The highest BCUT2D eigenvalue weighted by molar-refractivity contribution is 9.10. The first-order valence-electron chi connectivity index (χ1n) is 9.75. The molecule has 0 fully saturated rings. The van der Waals surface area contributed by atoms with E-state index in [1.165, 1.54) is 6.21 Å². The standard InChI is InChI=1S/C23H20BrN7O/c1-15-12-17(24)13-16(20(15)32)14-25-31-23-29-21(26-18-8-4-2-5-9-18)28-22(30-23)27-19-10-6-3-7-11-19/h2-14,32H,1H3,(H3,26,27,28,29,30,31). The van der Waals surface area contributed by atoms with Crippen molar-refractivity contribution in [2.75, 3.05) is 16.1 Å². The van der Waals surface area contributed by atoms with Crippen LogP contribution in [0.1, 0.15) is 11.1 Å². The van der Waals surface area contributed by atoms with Crippen molar-refractivity contribution in [2.24, 2.45) is 5.10 Å². The number of anilines is 5. The Bertz CT molecular complexity index is 1170. The lowest BCUT2D eigenvalue weighted by Crippen LogP contribution is -2.07. The second kappa shape index (κ2) is 9.88. The van der Waals surface area contributed by atoms with Crippen LogP contribution in [0.2, 0.25) is 0 Å². The van der Waals surface area contributed by atoms with E-state index in [1.807, 2.05) is 73.7 Å². The van der Waals surface area contributed by atoms with Gasteiger partial charge in [0.1, 0.15) is 5.75 Å². The number of hydrogen-bond donors (Lipinski definition) is 4. The van der Waals surface area contributed by atoms with Crippen LogP contribution in [-0.2, 0) is 0 Å². The molecule has 0 bridgehead atoms. The van der Waals surface area contributed by atoms with Crippen molar-refractivity contribution >= 4 is 51.4 Å². The molecule has 0 radical (unpaired) electrons. The van der Waals surface area contributed by atoms with Crippen molar-refractivity contribution in [1.82, 2.24) is 15.0 Å². The summed E-state index contributed by atoms with van der Waals surface area (Å²) >= 11 is 3.42. The van der Waals surface area contributed by atoms with Crippen LogP contribution < -0.4 is 16.1 Å². The molecule has 0 spiro atoms. The quantitative estimate of drug-likeness (QED) is 0.198. The average molecular weight is 490 g/mol. The lowest BCUT2D eigenvalue weighted by atomic mass is 10.1. The Kier molecular flexibility index (Phi) is 6.57. The number of hydrogen-bond acceptors (Lipinski definition) is 8. The van der Waals surface area contributed by atoms with E-state index in [0.717, 1.165) is 21.4 Å². The van der Waals surface area contributed by atoms with Crippen molar-refractivity contribution in [1.29, 1.82) is 0 Å². The predicted octanol–water partition coefficient (Wildman–Crippen LogP) is 5.58.